The van der Waals surface area contributed by atoms with E-state index in [4.69, 9.17) is 0 Å². The first-order valence-electron chi connectivity index (χ1n) is 7.27. The van der Waals surface area contributed by atoms with E-state index in [9.17, 15) is 9.59 Å². The molecule has 1 saturated heterocycles. The Morgan fingerprint density at radius 1 is 1.23 bits per heavy atom. The SMILES string of the molecule is Cl.O=C(CCNC(=O)c1cccs1)NCCN1CCNCC1. The van der Waals surface area contributed by atoms with Crippen molar-refractivity contribution < 1.29 is 9.59 Å². The van der Waals surface area contributed by atoms with Crippen LogP contribution >= 0.6 is 23.7 Å². The first-order chi connectivity index (χ1) is 10.3. The highest BCUT2D eigenvalue weighted by Crippen LogP contribution is 2.07. The van der Waals surface area contributed by atoms with Gasteiger partial charge in [-0.1, -0.05) is 6.07 Å². The molecule has 1 aliphatic rings. The van der Waals surface area contributed by atoms with E-state index >= 15 is 0 Å². The largest absolute Gasteiger partial charge is 0.355 e. The lowest BCUT2D eigenvalue weighted by Gasteiger charge is -2.27. The van der Waals surface area contributed by atoms with Crippen LogP contribution in [0.2, 0.25) is 0 Å². The maximum atomic E-state index is 11.7. The second-order valence-electron chi connectivity index (χ2n) is 4.92. The van der Waals surface area contributed by atoms with Crippen LogP contribution < -0.4 is 16.0 Å². The normalized spacial score (nSPS) is 14.9. The van der Waals surface area contributed by atoms with Crippen LogP contribution in [0.1, 0.15) is 16.1 Å². The predicted octanol–water partition coefficient (Wildman–Crippen LogP) is 0.311. The molecule has 1 aliphatic heterocycles. The highest BCUT2D eigenvalue weighted by atomic mass is 35.5. The smallest absolute Gasteiger partial charge is 0.261 e. The average Bonchev–Trinajstić information content (AvgIpc) is 3.02. The zero-order valence-electron chi connectivity index (χ0n) is 12.5. The Morgan fingerprint density at radius 2 is 2.00 bits per heavy atom. The van der Waals surface area contributed by atoms with Gasteiger partial charge in [-0.05, 0) is 11.4 Å². The molecule has 2 rings (SSSR count). The predicted molar refractivity (Wildman–Crippen MR) is 90.8 cm³/mol. The molecule has 22 heavy (non-hydrogen) atoms. The molecule has 0 unspecified atom stereocenters. The average molecular weight is 347 g/mol. The Labute approximate surface area is 141 Å². The molecule has 2 amide bonds. The molecule has 0 aliphatic carbocycles. The van der Waals surface area contributed by atoms with Crippen LogP contribution in [0.25, 0.3) is 0 Å². The molecule has 1 fully saturated rings. The Balaban J connectivity index is 0.00000242. The van der Waals surface area contributed by atoms with Gasteiger partial charge in [0.15, 0.2) is 0 Å². The summed E-state index contributed by atoms with van der Waals surface area (Å²) < 4.78 is 0. The molecule has 3 N–H and O–H groups in total. The lowest BCUT2D eigenvalue weighted by atomic mass is 10.3. The van der Waals surface area contributed by atoms with Crippen molar-refractivity contribution in [2.24, 2.45) is 0 Å². The number of halogens is 1. The standard InChI is InChI=1S/C14H22N4O2S.ClH/c19-13(16-7-10-18-8-5-15-6-9-18)3-4-17-14(20)12-2-1-11-21-12;/h1-2,11,15H,3-10H2,(H,16,19)(H,17,20);1H. The monoisotopic (exact) mass is 346 g/mol. The summed E-state index contributed by atoms with van der Waals surface area (Å²) in [6, 6.07) is 3.61. The summed E-state index contributed by atoms with van der Waals surface area (Å²) in [5.74, 6) is -0.129. The van der Waals surface area contributed by atoms with Crippen molar-refractivity contribution in [2.45, 2.75) is 6.42 Å². The Hall–Kier alpha value is -1.15. The van der Waals surface area contributed by atoms with E-state index in [1.54, 1.807) is 6.07 Å². The third-order valence-corrected chi connectivity index (χ3v) is 4.21. The lowest BCUT2D eigenvalue weighted by molar-refractivity contribution is -0.121. The highest BCUT2D eigenvalue weighted by Gasteiger charge is 2.10. The molecule has 6 nitrogen and oxygen atoms in total. The highest BCUT2D eigenvalue weighted by molar-refractivity contribution is 7.12. The molecule has 0 atom stereocenters. The van der Waals surface area contributed by atoms with Crippen LogP contribution in [0, 0.1) is 0 Å². The molecule has 0 aromatic carbocycles. The van der Waals surface area contributed by atoms with Gasteiger partial charge in [-0.3, -0.25) is 14.5 Å². The molecule has 1 aromatic rings. The van der Waals surface area contributed by atoms with Crippen LogP contribution in [0.4, 0.5) is 0 Å². The van der Waals surface area contributed by atoms with Gasteiger partial charge in [-0.25, -0.2) is 0 Å². The first kappa shape index (κ1) is 18.9. The number of nitrogens with zero attached hydrogens (tertiary/aromatic N) is 1. The van der Waals surface area contributed by atoms with Crippen molar-refractivity contribution >= 4 is 35.6 Å². The van der Waals surface area contributed by atoms with Gasteiger partial charge >= 0.3 is 0 Å². The van der Waals surface area contributed by atoms with Crippen molar-refractivity contribution in [3.63, 3.8) is 0 Å². The molecule has 0 bridgehead atoms. The van der Waals surface area contributed by atoms with Gasteiger partial charge in [-0.15, -0.1) is 23.7 Å². The van der Waals surface area contributed by atoms with Crippen LogP contribution in [-0.2, 0) is 4.79 Å². The molecule has 1 aromatic heterocycles. The van der Waals surface area contributed by atoms with E-state index in [0.717, 1.165) is 32.7 Å². The second kappa shape index (κ2) is 10.6. The molecule has 8 heteroatoms. The summed E-state index contributed by atoms with van der Waals surface area (Å²) in [6.45, 7) is 6.02. The molecule has 0 spiro atoms. The molecular formula is C14H23ClN4O2S. The van der Waals surface area contributed by atoms with E-state index in [-0.39, 0.29) is 24.2 Å². The van der Waals surface area contributed by atoms with Gasteiger partial charge in [0.2, 0.25) is 5.91 Å². The van der Waals surface area contributed by atoms with E-state index in [0.29, 0.717) is 24.4 Å². The summed E-state index contributed by atoms with van der Waals surface area (Å²) in [4.78, 5) is 26.3. The van der Waals surface area contributed by atoms with Gasteiger partial charge in [0.05, 0.1) is 4.88 Å². The van der Waals surface area contributed by atoms with Crippen molar-refractivity contribution in [2.75, 3.05) is 45.8 Å². The van der Waals surface area contributed by atoms with Gasteiger partial charge < -0.3 is 16.0 Å². The lowest BCUT2D eigenvalue weighted by Crippen LogP contribution is -2.46. The number of thiophene rings is 1. The van der Waals surface area contributed by atoms with Gasteiger partial charge in [-0.2, -0.15) is 0 Å². The van der Waals surface area contributed by atoms with Crippen LogP contribution in [0.3, 0.4) is 0 Å². The minimum absolute atomic E-state index is 0. The summed E-state index contributed by atoms with van der Waals surface area (Å²) in [5, 5.41) is 10.8. The molecular weight excluding hydrogens is 324 g/mol. The minimum atomic E-state index is -0.112. The van der Waals surface area contributed by atoms with E-state index in [1.165, 1.54) is 11.3 Å². The van der Waals surface area contributed by atoms with Crippen molar-refractivity contribution in [1.82, 2.24) is 20.9 Å². The summed E-state index contributed by atoms with van der Waals surface area (Å²) in [7, 11) is 0. The summed E-state index contributed by atoms with van der Waals surface area (Å²) in [6.07, 6.45) is 0.318. The minimum Gasteiger partial charge on any atom is -0.355 e. The van der Waals surface area contributed by atoms with Gasteiger partial charge in [0.1, 0.15) is 0 Å². The number of nitrogens with one attached hydrogen (secondary N) is 3. The zero-order chi connectivity index (χ0) is 14.9. The zero-order valence-corrected chi connectivity index (χ0v) is 14.1. The molecule has 2 heterocycles. The number of hydrogen-bond acceptors (Lipinski definition) is 5. The van der Waals surface area contributed by atoms with Crippen molar-refractivity contribution in [3.05, 3.63) is 22.4 Å². The molecule has 124 valence electrons. The molecule has 0 saturated carbocycles. The number of carbonyl (C=O) groups excluding carboxylic acids is 2. The second-order valence-corrected chi connectivity index (χ2v) is 5.87. The van der Waals surface area contributed by atoms with Gasteiger partial charge in [0.25, 0.3) is 5.91 Å². The number of piperazine rings is 1. The van der Waals surface area contributed by atoms with E-state index in [2.05, 4.69) is 20.9 Å². The first-order valence-corrected chi connectivity index (χ1v) is 8.15. The quantitative estimate of drug-likeness (QED) is 0.664. The third-order valence-electron chi connectivity index (χ3n) is 3.34. The van der Waals surface area contributed by atoms with E-state index < -0.39 is 0 Å². The maximum Gasteiger partial charge on any atom is 0.261 e. The van der Waals surface area contributed by atoms with Gasteiger partial charge in [0, 0.05) is 52.2 Å². The fourth-order valence-electron chi connectivity index (χ4n) is 2.16. The number of amides is 2. The Morgan fingerprint density at radius 3 is 2.68 bits per heavy atom. The molecule has 0 radical (unpaired) electrons. The summed E-state index contributed by atoms with van der Waals surface area (Å²) in [5.41, 5.74) is 0. The van der Waals surface area contributed by atoms with E-state index in [1.807, 2.05) is 11.4 Å². The van der Waals surface area contributed by atoms with Crippen LogP contribution in [0.15, 0.2) is 17.5 Å². The maximum absolute atomic E-state index is 11.7. The number of rotatable bonds is 7. The number of carbonyl (C=O) groups is 2. The fraction of sp³-hybridized carbons (Fsp3) is 0.571. The topological polar surface area (TPSA) is 73.5 Å². The Bertz CT molecular complexity index is 450. The fourth-order valence-corrected chi connectivity index (χ4v) is 2.80. The Kier molecular flexibility index (Phi) is 9.07. The van der Waals surface area contributed by atoms with Crippen molar-refractivity contribution in [1.29, 1.82) is 0 Å². The third kappa shape index (κ3) is 6.74. The number of hydrogen-bond donors (Lipinski definition) is 3. The van der Waals surface area contributed by atoms with Crippen molar-refractivity contribution in [3.8, 4) is 0 Å². The van der Waals surface area contributed by atoms with Crippen LogP contribution in [-0.4, -0.2) is 62.5 Å². The summed E-state index contributed by atoms with van der Waals surface area (Å²) >= 11 is 1.40. The van der Waals surface area contributed by atoms with Crippen LogP contribution in [0.5, 0.6) is 0 Å².